The first kappa shape index (κ1) is 17.9. The molecule has 2 aromatic carbocycles. The molecule has 0 spiro atoms. The van der Waals surface area contributed by atoms with E-state index in [4.69, 9.17) is 0 Å². The van der Waals surface area contributed by atoms with Gasteiger partial charge in [0.05, 0.1) is 11.6 Å². The van der Waals surface area contributed by atoms with Gasteiger partial charge in [0.25, 0.3) is 0 Å². The molecule has 2 amide bonds. The minimum absolute atomic E-state index is 0.0236. The van der Waals surface area contributed by atoms with Crippen LogP contribution in [0.3, 0.4) is 0 Å². The van der Waals surface area contributed by atoms with E-state index in [1.165, 1.54) is 6.07 Å². The maximum atomic E-state index is 14.5. The molecule has 0 radical (unpaired) electrons. The Labute approximate surface area is 152 Å². The zero-order chi connectivity index (χ0) is 18.7. The number of carbonyl (C=O) groups excluding carboxylic acids is 2. The van der Waals surface area contributed by atoms with Gasteiger partial charge in [0.2, 0.25) is 11.8 Å². The normalized spacial score (nSPS) is 16.7. The van der Waals surface area contributed by atoms with Gasteiger partial charge in [-0.15, -0.1) is 0 Å². The highest BCUT2D eigenvalue weighted by molar-refractivity contribution is 5.89. The Kier molecular flexibility index (Phi) is 5.21. The van der Waals surface area contributed by atoms with Crippen LogP contribution in [0.15, 0.2) is 48.5 Å². The van der Waals surface area contributed by atoms with Crippen LogP contribution in [0.4, 0.5) is 15.8 Å². The summed E-state index contributed by atoms with van der Waals surface area (Å²) in [5.41, 5.74) is 2.04. The van der Waals surface area contributed by atoms with E-state index in [1.54, 1.807) is 29.0 Å². The maximum Gasteiger partial charge on any atom is 0.225 e. The fraction of sp³-hybridized carbons (Fsp3) is 0.300. The van der Waals surface area contributed by atoms with E-state index < -0.39 is 0 Å². The van der Waals surface area contributed by atoms with E-state index in [2.05, 4.69) is 5.32 Å². The first-order valence-electron chi connectivity index (χ1n) is 8.54. The van der Waals surface area contributed by atoms with Gasteiger partial charge in [0.1, 0.15) is 5.82 Å². The monoisotopic (exact) mass is 355 g/mol. The van der Waals surface area contributed by atoms with Gasteiger partial charge in [-0.3, -0.25) is 9.59 Å². The molecule has 136 valence electrons. The number of anilines is 2. The molecule has 0 saturated carbocycles. The Morgan fingerprint density at radius 3 is 2.62 bits per heavy atom. The van der Waals surface area contributed by atoms with Crippen LogP contribution < -0.4 is 10.2 Å². The molecule has 0 bridgehead atoms. The highest BCUT2D eigenvalue weighted by atomic mass is 19.1. The number of amides is 2. The van der Waals surface area contributed by atoms with Gasteiger partial charge in [0.15, 0.2) is 0 Å². The van der Waals surface area contributed by atoms with Gasteiger partial charge < -0.3 is 15.1 Å². The van der Waals surface area contributed by atoms with E-state index in [-0.39, 0.29) is 36.5 Å². The number of nitrogens with one attached hydrogen (secondary N) is 1. The van der Waals surface area contributed by atoms with Gasteiger partial charge in [-0.2, -0.15) is 0 Å². The molecule has 1 fully saturated rings. The lowest BCUT2D eigenvalue weighted by Gasteiger charge is -2.20. The van der Waals surface area contributed by atoms with Gasteiger partial charge in [-0.25, -0.2) is 4.39 Å². The predicted molar refractivity (Wildman–Crippen MR) is 98.5 cm³/mol. The Morgan fingerprint density at radius 2 is 2.00 bits per heavy atom. The molecule has 1 saturated heterocycles. The molecule has 6 heteroatoms. The summed E-state index contributed by atoms with van der Waals surface area (Å²) in [5, 5.41) is 2.79. The first-order valence-corrected chi connectivity index (χ1v) is 8.54. The summed E-state index contributed by atoms with van der Waals surface area (Å²) in [7, 11) is 3.50. The largest absolute Gasteiger partial charge is 0.352 e. The minimum atomic E-state index is -0.348. The molecular formula is C20H22FN3O2. The first-order chi connectivity index (χ1) is 12.5. The highest BCUT2D eigenvalue weighted by Gasteiger charge is 2.31. The number of para-hydroxylation sites is 1. The van der Waals surface area contributed by atoms with E-state index in [9.17, 15) is 14.0 Å². The third kappa shape index (κ3) is 3.85. The lowest BCUT2D eigenvalue weighted by atomic mass is 10.1. The van der Waals surface area contributed by atoms with Crippen LogP contribution in [0.5, 0.6) is 0 Å². The molecule has 0 aliphatic carbocycles. The van der Waals surface area contributed by atoms with Crippen LogP contribution in [0.25, 0.3) is 0 Å². The summed E-state index contributed by atoms with van der Waals surface area (Å²) in [6.45, 7) is 0.666. The number of likely N-dealkylation sites (tertiary alicyclic amines) is 1. The van der Waals surface area contributed by atoms with Gasteiger partial charge in [0, 0.05) is 39.3 Å². The van der Waals surface area contributed by atoms with Gasteiger partial charge in [-0.1, -0.05) is 24.3 Å². The van der Waals surface area contributed by atoms with Crippen LogP contribution in [0.1, 0.15) is 12.0 Å². The average Bonchev–Trinajstić information content (AvgIpc) is 2.99. The fourth-order valence-electron chi connectivity index (χ4n) is 3.10. The molecular weight excluding hydrogens is 333 g/mol. The lowest BCUT2D eigenvalue weighted by Crippen LogP contribution is -2.31. The average molecular weight is 355 g/mol. The van der Waals surface area contributed by atoms with Crippen molar-refractivity contribution in [1.82, 2.24) is 10.2 Å². The summed E-state index contributed by atoms with van der Waals surface area (Å²) in [6, 6.07) is 14.5. The number of carbonyl (C=O) groups is 2. The SMILES string of the molecule is CN1C[C@H](C(=O)NCc2ccc(N(C)c3ccccc3)c(F)c2)CC1=O. The third-order valence-electron chi connectivity index (χ3n) is 4.70. The van der Waals surface area contributed by atoms with Crippen molar-refractivity contribution < 1.29 is 14.0 Å². The van der Waals surface area contributed by atoms with Crippen molar-refractivity contribution in [3.63, 3.8) is 0 Å². The van der Waals surface area contributed by atoms with E-state index in [0.717, 1.165) is 5.69 Å². The number of hydrogen-bond acceptors (Lipinski definition) is 3. The number of nitrogens with zero attached hydrogens (tertiary/aromatic N) is 2. The minimum Gasteiger partial charge on any atom is -0.352 e. The second-order valence-corrected chi connectivity index (χ2v) is 6.57. The molecule has 1 N–H and O–H groups in total. The second kappa shape index (κ2) is 7.56. The molecule has 2 aromatic rings. The molecule has 1 aliphatic heterocycles. The summed E-state index contributed by atoms with van der Waals surface area (Å²) >= 11 is 0. The van der Waals surface area contributed by atoms with Crippen LogP contribution >= 0.6 is 0 Å². The molecule has 0 aromatic heterocycles. The Hall–Kier alpha value is -2.89. The molecule has 0 unspecified atom stereocenters. The van der Waals surface area contributed by atoms with E-state index in [1.807, 2.05) is 37.4 Å². The van der Waals surface area contributed by atoms with Crippen LogP contribution in [-0.2, 0) is 16.1 Å². The maximum absolute atomic E-state index is 14.5. The number of rotatable bonds is 5. The summed E-state index contributed by atoms with van der Waals surface area (Å²) < 4.78 is 14.5. The zero-order valence-corrected chi connectivity index (χ0v) is 14.9. The smallest absolute Gasteiger partial charge is 0.225 e. The molecule has 5 nitrogen and oxygen atoms in total. The highest BCUT2D eigenvalue weighted by Crippen LogP contribution is 2.26. The van der Waals surface area contributed by atoms with Crippen LogP contribution in [-0.4, -0.2) is 37.4 Å². The lowest BCUT2D eigenvalue weighted by molar-refractivity contribution is -0.128. The second-order valence-electron chi connectivity index (χ2n) is 6.57. The van der Waals surface area contributed by atoms with E-state index in [0.29, 0.717) is 17.8 Å². The zero-order valence-electron chi connectivity index (χ0n) is 14.9. The number of benzene rings is 2. The van der Waals surface area contributed by atoms with E-state index >= 15 is 0 Å². The van der Waals surface area contributed by atoms with Crippen molar-refractivity contribution in [3.05, 3.63) is 59.9 Å². The quantitative estimate of drug-likeness (QED) is 0.897. The van der Waals surface area contributed by atoms with Gasteiger partial charge >= 0.3 is 0 Å². The molecule has 3 rings (SSSR count). The van der Waals surface area contributed by atoms with Crippen molar-refractivity contribution in [3.8, 4) is 0 Å². The Morgan fingerprint density at radius 1 is 1.27 bits per heavy atom. The predicted octanol–water partition coefficient (Wildman–Crippen LogP) is 2.69. The summed E-state index contributed by atoms with van der Waals surface area (Å²) in [5.74, 6) is -0.877. The number of halogens is 1. The van der Waals surface area contributed by atoms with Crippen molar-refractivity contribution in [2.75, 3.05) is 25.5 Å². The van der Waals surface area contributed by atoms with Crippen LogP contribution in [0.2, 0.25) is 0 Å². The topological polar surface area (TPSA) is 52.7 Å². The Bertz CT molecular complexity index is 810. The number of hydrogen-bond donors (Lipinski definition) is 1. The van der Waals surface area contributed by atoms with Crippen molar-refractivity contribution in [2.24, 2.45) is 5.92 Å². The Balaban J connectivity index is 1.63. The van der Waals surface area contributed by atoms with Gasteiger partial charge in [-0.05, 0) is 29.8 Å². The standard InChI is InChI=1S/C20H22FN3O2/c1-23-13-15(11-19(23)25)20(26)22-12-14-8-9-18(17(21)10-14)24(2)16-6-4-3-5-7-16/h3-10,15H,11-13H2,1-2H3,(H,22,26)/t15-/m1/s1. The molecule has 26 heavy (non-hydrogen) atoms. The summed E-state index contributed by atoms with van der Waals surface area (Å²) in [6.07, 6.45) is 0.234. The molecule has 1 atom stereocenters. The van der Waals surface area contributed by atoms with Crippen molar-refractivity contribution in [1.29, 1.82) is 0 Å². The summed E-state index contributed by atoms with van der Waals surface area (Å²) in [4.78, 5) is 27.0. The molecule has 1 aliphatic rings. The van der Waals surface area contributed by atoms with Crippen LogP contribution in [0, 0.1) is 11.7 Å². The third-order valence-corrected chi connectivity index (χ3v) is 4.70. The molecule has 1 heterocycles. The van der Waals surface area contributed by atoms with Crippen molar-refractivity contribution >= 4 is 23.2 Å². The fourth-order valence-corrected chi connectivity index (χ4v) is 3.10. The van der Waals surface area contributed by atoms with Crippen molar-refractivity contribution in [2.45, 2.75) is 13.0 Å².